The van der Waals surface area contributed by atoms with Crippen LogP contribution in [0.5, 0.6) is 11.5 Å². The summed E-state index contributed by atoms with van der Waals surface area (Å²) in [5.41, 5.74) is 0. The molecule has 2 fully saturated rings. The van der Waals surface area contributed by atoms with Gasteiger partial charge in [0.1, 0.15) is 6.61 Å². The lowest BCUT2D eigenvalue weighted by molar-refractivity contribution is 0.196. The molecule has 2 aliphatic rings. The Morgan fingerprint density at radius 2 is 1.86 bits per heavy atom. The molecule has 0 radical (unpaired) electrons. The molecule has 4 heteroatoms. The number of para-hydroxylation sites is 2. The summed E-state index contributed by atoms with van der Waals surface area (Å²) in [5.74, 6) is 1.70. The Kier molecular flexibility index (Phi) is 4.99. The lowest BCUT2D eigenvalue weighted by atomic mass is 10.1. The van der Waals surface area contributed by atoms with Gasteiger partial charge in [0.05, 0.1) is 6.61 Å². The number of hydrogen-bond donors (Lipinski definition) is 1. The Labute approximate surface area is 127 Å². The summed E-state index contributed by atoms with van der Waals surface area (Å²) >= 11 is 0. The van der Waals surface area contributed by atoms with Crippen LogP contribution in [0.4, 0.5) is 0 Å². The molecule has 1 N–H and O–H groups in total. The number of benzene rings is 1. The quantitative estimate of drug-likeness (QED) is 0.871. The van der Waals surface area contributed by atoms with Crippen molar-refractivity contribution >= 4 is 0 Å². The van der Waals surface area contributed by atoms with Gasteiger partial charge in [-0.05, 0) is 44.9 Å². The Bertz CT molecular complexity index is 452. The van der Waals surface area contributed by atoms with Crippen molar-refractivity contribution < 1.29 is 9.47 Å². The molecule has 0 saturated carbocycles. The fourth-order valence-corrected chi connectivity index (χ4v) is 3.35. The Morgan fingerprint density at radius 3 is 2.67 bits per heavy atom. The largest absolute Gasteiger partial charge is 0.490 e. The normalized spacial score (nSPS) is 25.6. The van der Waals surface area contributed by atoms with Gasteiger partial charge in [0.2, 0.25) is 0 Å². The highest BCUT2D eigenvalue weighted by Gasteiger charge is 2.28. The predicted octanol–water partition coefficient (Wildman–Crippen LogP) is 2.29. The molecule has 21 heavy (non-hydrogen) atoms. The van der Waals surface area contributed by atoms with Crippen LogP contribution in [0, 0.1) is 0 Å². The number of nitrogens with one attached hydrogen (secondary N) is 1. The molecule has 0 spiro atoms. The first-order valence-electron chi connectivity index (χ1n) is 8.18. The Morgan fingerprint density at radius 1 is 1.10 bits per heavy atom. The molecule has 2 atom stereocenters. The number of likely N-dealkylation sites (tertiary alicyclic amines) is 1. The van der Waals surface area contributed by atoms with Gasteiger partial charge >= 0.3 is 0 Å². The predicted molar refractivity (Wildman–Crippen MR) is 84.1 cm³/mol. The third-order valence-corrected chi connectivity index (χ3v) is 4.42. The third kappa shape index (κ3) is 3.89. The van der Waals surface area contributed by atoms with E-state index in [4.69, 9.17) is 9.47 Å². The third-order valence-electron chi connectivity index (χ3n) is 4.42. The summed E-state index contributed by atoms with van der Waals surface area (Å²) in [6, 6.07) is 9.36. The fraction of sp³-hybridized carbons (Fsp3) is 0.647. The van der Waals surface area contributed by atoms with Crippen molar-refractivity contribution in [1.82, 2.24) is 10.2 Å². The molecule has 2 aliphatic heterocycles. The fourth-order valence-electron chi connectivity index (χ4n) is 3.35. The molecule has 1 aromatic carbocycles. The molecule has 2 bridgehead atoms. The first kappa shape index (κ1) is 14.7. The highest BCUT2D eigenvalue weighted by atomic mass is 16.5. The van der Waals surface area contributed by atoms with Crippen LogP contribution >= 0.6 is 0 Å². The van der Waals surface area contributed by atoms with E-state index in [9.17, 15) is 0 Å². The van der Waals surface area contributed by atoms with Crippen LogP contribution in [-0.4, -0.2) is 49.8 Å². The van der Waals surface area contributed by atoms with Crippen LogP contribution < -0.4 is 14.8 Å². The van der Waals surface area contributed by atoms with E-state index in [2.05, 4.69) is 10.2 Å². The van der Waals surface area contributed by atoms with Crippen LogP contribution in [0.1, 0.15) is 26.2 Å². The van der Waals surface area contributed by atoms with Crippen molar-refractivity contribution in [2.24, 2.45) is 0 Å². The summed E-state index contributed by atoms with van der Waals surface area (Å²) in [4.78, 5) is 2.53. The topological polar surface area (TPSA) is 33.7 Å². The maximum Gasteiger partial charge on any atom is 0.161 e. The highest BCUT2D eigenvalue weighted by molar-refractivity contribution is 5.39. The van der Waals surface area contributed by atoms with Gasteiger partial charge in [0.25, 0.3) is 0 Å². The van der Waals surface area contributed by atoms with E-state index in [1.165, 1.54) is 25.8 Å². The summed E-state index contributed by atoms with van der Waals surface area (Å²) in [5, 5.41) is 3.71. The number of fused-ring (bicyclic) bond motifs is 2. The van der Waals surface area contributed by atoms with E-state index in [0.29, 0.717) is 12.6 Å². The lowest BCUT2D eigenvalue weighted by Gasteiger charge is -2.24. The smallest absolute Gasteiger partial charge is 0.161 e. The molecular formula is C17H26N2O2. The summed E-state index contributed by atoms with van der Waals surface area (Å²) in [7, 11) is 0. The van der Waals surface area contributed by atoms with Crippen LogP contribution in [0.2, 0.25) is 0 Å². The first-order valence-corrected chi connectivity index (χ1v) is 8.18. The monoisotopic (exact) mass is 290 g/mol. The van der Waals surface area contributed by atoms with Crippen LogP contribution in [0.25, 0.3) is 0 Å². The van der Waals surface area contributed by atoms with E-state index < -0.39 is 0 Å². The minimum absolute atomic E-state index is 0.668. The van der Waals surface area contributed by atoms with E-state index in [0.717, 1.165) is 37.2 Å². The zero-order valence-corrected chi connectivity index (χ0v) is 12.9. The average Bonchev–Trinajstić information content (AvgIpc) is 2.83. The van der Waals surface area contributed by atoms with Crippen molar-refractivity contribution in [3.05, 3.63) is 24.3 Å². The average molecular weight is 290 g/mol. The van der Waals surface area contributed by atoms with E-state index >= 15 is 0 Å². The molecule has 116 valence electrons. The minimum atomic E-state index is 0.668. The number of ether oxygens (including phenoxy) is 2. The lowest BCUT2D eigenvalue weighted by Crippen LogP contribution is -2.37. The SMILES string of the molecule is CCOc1ccccc1OCCN1CCC2CCC(C1)N2. The molecular weight excluding hydrogens is 264 g/mol. The minimum Gasteiger partial charge on any atom is -0.490 e. The van der Waals surface area contributed by atoms with Gasteiger partial charge in [-0.2, -0.15) is 0 Å². The van der Waals surface area contributed by atoms with Gasteiger partial charge < -0.3 is 14.8 Å². The standard InChI is InChI=1S/C17H26N2O2/c1-2-20-16-5-3-4-6-17(16)21-12-11-19-10-9-14-7-8-15(13-19)18-14/h3-6,14-15,18H,2,7-13H2,1H3. The van der Waals surface area contributed by atoms with Crippen LogP contribution in [-0.2, 0) is 0 Å². The molecule has 0 aliphatic carbocycles. The van der Waals surface area contributed by atoms with E-state index in [-0.39, 0.29) is 0 Å². The molecule has 2 unspecified atom stereocenters. The highest BCUT2D eigenvalue weighted by Crippen LogP contribution is 2.26. The molecule has 0 amide bonds. The van der Waals surface area contributed by atoms with Crippen LogP contribution in [0.3, 0.4) is 0 Å². The second kappa shape index (κ2) is 7.14. The van der Waals surface area contributed by atoms with Crippen molar-refractivity contribution in [3.8, 4) is 11.5 Å². The molecule has 3 rings (SSSR count). The second-order valence-corrected chi connectivity index (χ2v) is 5.96. The second-order valence-electron chi connectivity index (χ2n) is 5.96. The number of nitrogens with zero attached hydrogens (tertiary/aromatic N) is 1. The van der Waals surface area contributed by atoms with Gasteiger partial charge in [-0.25, -0.2) is 0 Å². The Balaban J connectivity index is 1.47. The first-order chi connectivity index (χ1) is 10.3. The van der Waals surface area contributed by atoms with E-state index in [1.807, 2.05) is 31.2 Å². The molecule has 0 aromatic heterocycles. The zero-order chi connectivity index (χ0) is 14.5. The van der Waals surface area contributed by atoms with Gasteiger partial charge in [-0.15, -0.1) is 0 Å². The molecule has 2 saturated heterocycles. The Hall–Kier alpha value is -1.26. The van der Waals surface area contributed by atoms with Crippen molar-refractivity contribution in [3.63, 3.8) is 0 Å². The number of rotatable bonds is 6. The van der Waals surface area contributed by atoms with E-state index in [1.54, 1.807) is 0 Å². The van der Waals surface area contributed by atoms with Crippen molar-refractivity contribution in [1.29, 1.82) is 0 Å². The molecule has 4 nitrogen and oxygen atoms in total. The maximum absolute atomic E-state index is 5.93. The van der Waals surface area contributed by atoms with Crippen LogP contribution in [0.15, 0.2) is 24.3 Å². The summed E-state index contributed by atoms with van der Waals surface area (Å²) < 4.78 is 11.5. The summed E-state index contributed by atoms with van der Waals surface area (Å²) in [6.45, 7) is 6.72. The van der Waals surface area contributed by atoms with Gasteiger partial charge in [-0.3, -0.25) is 4.90 Å². The number of hydrogen-bond acceptors (Lipinski definition) is 4. The van der Waals surface area contributed by atoms with Crippen molar-refractivity contribution in [2.75, 3.05) is 32.8 Å². The summed E-state index contributed by atoms with van der Waals surface area (Å²) in [6.07, 6.45) is 3.96. The van der Waals surface area contributed by atoms with Gasteiger partial charge in [0.15, 0.2) is 11.5 Å². The van der Waals surface area contributed by atoms with Gasteiger partial charge in [0, 0.05) is 25.2 Å². The van der Waals surface area contributed by atoms with Crippen molar-refractivity contribution in [2.45, 2.75) is 38.3 Å². The molecule has 1 aromatic rings. The molecule has 2 heterocycles. The zero-order valence-electron chi connectivity index (χ0n) is 12.9. The van der Waals surface area contributed by atoms with Gasteiger partial charge in [-0.1, -0.05) is 12.1 Å². The maximum atomic E-state index is 5.93.